The number of pyridine rings is 1. The topological polar surface area (TPSA) is 39.2 Å². The van der Waals surface area contributed by atoms with Crippen LogP contribution in [0, 0.1) is 0 Å². The average Bonchev–Trinajstić information content (AvgIpc) is 2.26. The van der Waals surface area contributed by atoms with Gasteiger partial charge in [0.1, 0.15) is 0 Å². The first-order valence-electron chi connectivity index (χ1n) is 4.47. The van der Waals surface area contributed by atoms with Crippen LogP contribution in [0.3, 0.4) is 0 Å². The van der Waals surface area contributed by atoms with Gasteiger partial charge in [0.05, 0.1) is 19.2 Å². The number of aromatic nitrogens is 1. The van der Waals surface area contributed by atoms with Gasteiger partial charge in [-0.25, -0.2) is 0 Å². The van der Waals surface area contributed by atoms with Crippen LogP contribution in [0.1, 0.15) is 12.1 Å². The molecular weight excluding hydrogens is 278 g/mol. The number of carbonyl (C=O) groups excluding carboxylic acids is 1. The predicted molar refractivity (Wildman–Crippen MR) is 64.7 cm³/mol. The number of hydrogen-bond acceptors (Lipinski definition) is 4. The van der Waals surface area contributed by atoms with Gasteiger partial charge in [-0.2, -0.15) is 11.8 Å². The highest BCUT2D eigenvalue weighted by Crippen LogP contribution is 2.13. The van der Waals surface area contributed by atoms with Crippen molar-refractivity contribution in [2.45, 2.75) is 12.2 Å². The first-order chi connectivity index (χ1) is 7.22. The summed E-state index contributed by atoms with van der Waals surface area (Å²) in [4.78, 5) is 15.0. The minimum atomic E-state index is -0.161. The zero-order chi connectivity index (χ0) is 11.1. The fourth-order valence-corrected chi connectivity index (χ4v) is 2.00. The molecule has 0 aliphatic rings. The standard InChI is InChI=1S/C10H12BrNO2S/c1-14-10(13)4-5-15-7-9-3-2-8(11)6-12-9/h2-3,6H,4-5,7H2,1H3. The molecule has 5 heteroatoms. The molecule has 1 rings (SSSR count). The van der Waals surface area contributed by atoms with Crippen LogP contribution in [0.25, 0.3) is 0 Å². The van der Waals surface area contributed by atoms with Crippen molar-refractivity contribution in [3.63, 3.8) is 0 Å². The van der Waals surface area contributed by atoms with E-state index in [4.69, 9.17) is 0 Å². The van der Waals surface area contributed by atoms with Gasteiger partial charge in [0.15, 0.2) is 0 Å². The molecule has 0 aliphatic heterocycles. The minimum Gasteiger partial charge on any atom is -0.469 e. The number of carbonyl (C=O) groups is 1. The van der Waals surface area contributed by atoms with Crippen LogP contribution in [0.2, 0.25) is 0 Å². The molecule has 0 fully saturated rings. The quantitative estimate of drug-likeness (QED) is 0.617. The van der Waals surface area contributed by atoms with Crippen molar-refractivity contribution in [3.05, 3.63) is 28.5 Å². The van der Waals surface area contributed by atoms with Gasteiger partial charge in [0, 0.05) is 22.2 Å². The van der Waals surface area contributed by atoms with E-state index in [0.29, 0.717) is 6.42 Å². The molecule has 3 nitrogen and oxygen atoms in total. The van der Waals surface area contributed by atoms with Crippen LogP contribution < -0.4 is 0 Å². The van der Waals surface area contributed by atoms with Crippen molar-refractivity contribution in [1.29, 1.82) is 0 Å². The number of nitrogens with zero attached hydrogens (tertiary/aromatic N) is 1. The molecule has 0 N–H and O–H groups in total. The van der Waals surface area contributed by atoms with Crippen molar-refractivity contribution >= 4 is 33.7 Å². The van der Waals surface area contributed by atoms with Crippen molar-refractivity contribution in [2.24, 2.45) is 0 Å². The Morgan fingerprint density at radius 1 is 1.60 bits per heavy atom. The Bertz CT molecular complexity index is 316. The van der Waals surface area contributed by atoms with Crippen LogP contribution in [0.4, 0.5) is 0 Å². The number of ether oxygens (including phenoxy) is 1. The molecule has 0 bridgehead atoms. The highest BCUT2D eigenvalue weighted by atomic mass is 79.9. The first kappa shape index (κ1) is 12.5. The van der Waals surface area contributed by atoms with E-state index in [9.17, 15) is 4.79 Å². The van der Waals surface area contributed by atoms with Crippen molar-refractivity contribution in [2.75, 3.05) is 12.9 Å². The molecule has 0 aliphatic carbocycles. The largest absolute Gasteiger partial charge is 0.469 e. The summed E-state index contributed by atoms with van der Waals surface area (Å²) in [5, 5.41) is 0. The Kier molecular flexibility index (Phi) is 5.71. The lowest BCUT2D eigenvalue weighted by molar-refractivity contribution is -0.140. The molecule has 0 aromatic carbocycles. The fourth-order valence-electron chi connectivity index (χ4n) is 0.926. The lowest BCUT2D eigenvalue weighted by Gasteiger charge is -2.00. The molecule has 1 heterocycles. The van der Waals surface area contributed by atoms with Crippen LogP contribution >= 0.6 is 27.7 Å². The maximum atomic E-state index is 10.8. The monoisotopic (exact) mass is 289 g/mol. The number of hydrogen-bond donors (Lipinski definition) is 0. The Hall–Kier alpha value is -0.550. The SMILES string of the molecule is COC(=O)CCSCc1ccc(Br)cn1. The molecule has 15 heavy (non-hydrogen) atoms. The first-order valence-corrected chi connectivity index (χ1v) is 6.42. The summed E-state index contributed by atoms with van der Waals surface area (Å²) in [6.07, 6.45) is 2.23. The maximum absolute atomic E-state index is 10.8. The van der Waals surface area contributed by atoms with E-state index in [1.165, 1.54) is 7.11 Å². The molecule has 0 amide bonds. The Morgan fingerprint density at radius 3 is 3.00 bits per heavy atom. The molecule has 0 saturated heterocycles. The van der Waals surface area contributed by atoms with Gasteiger partial charge in [0.25, 0.3) is 0 Å². The summed E-state index contributed by atoms with van der Waals surface area (Å²) in [5.41, 5.74) is 1.02. The molecule has 82 valence electrons. The zero-order valence-electron chi connectivity index (χ0n) is 8.40. The summed E-state index contributed by atoms with van der Waals surface area (Å²) in [7, 11) is 1.41. The highest BCUT2D eigenvalue weighted by molar-refractivity contribution is 9.10. The van der Waals surface area contributed by atoms with E-state index >= 15 is 0 Å². The number of methoxy groups -OCH3 is 1. The van der Waals surface area contributed by atoms with Gasteiger partial charge >= 0.3 is 5.97 Å². The van der Waals surface area contributed by atoms with Crippen LogP contribution in [-0.2, 0) is 15.3 Å². The summed E-state index contributed by atoms with van der Waals surface area (Å²) >= 11 is 5.00. The Balaban J connectivity index is 2.20. The fraction of sp³-hybridized carbons (Fsp3) is 0.400. The molecule has 1 aromatic heterocycles. The van der Waals surface area contributed by atoms with E-state index in [1.807, 2.05) is 12.1 Å². The minimum absolute atomic E-state index is 0.161. The van der Waals surface area contributed by atoms with Crippen LogP contribution in [0.5, 0.6) is 0 Å². The molecule has 0 atom stereocenters. The van der Waals surface area contributed by atoms with E-state index in [0.717, 1.165) is 21.7 Å². The third-order valence-electron chi connectivity index (χ3n) is 1.72. The lowest BCUT2D eigenvalue weighted by Crippen LogP contribution is -2.01. The van der Waals surface area contributed by atoms with Gasteiger partial charge in [0.2, 0.25) is 0 Å². The van der Waals surface area contributed by atoms with Crippen molar-refractivity contribution in [1.82, 2.24) is 4.98 Å². The molecule has 0 radical (unpaired) electrons. The highest BCUT2D eigenvalue weighted by Gasteiger charge is 2.00. The molecule has 0 spiro atoms. The number of rotatable bonds is 5. The van der Waals surface area contributed by atoms with Gasteiger partial charge in [-0.1, -0.05) is 0 Å². The van der Waals surface area contributed by atoms with Crippen LogP contribution in [0.15, 0.2) is 22.8 Å². The van der Waals surface area contributed by atoms with Gasteiger partial charge < -0.3 is 4.74 Å². The van der Waals surface area contributed by atoms with Crippen LogP contribution in [-0.4, -0.2) is 23.8 Å². The Labute approximate surface area is 102 Å². The third-order valence-corrected chi connectivity index (χ3v) is 3.18. The van der Waals surface area contributed by atoms with Crippen molar-refractivity contribution in [3.8, 4) is 0 Å². The molecule has 1 aromatic rings. The summed E-state index contributed by atoms with van der Waals surface area (Å²) in [6, 6.07) is 3.93. The van der Waals surface area contributed by atoms with Crippen molar-refractivity contribution < 1.29 is 9.53 Å². The number of esters is 1. The molecule has 0 saturated carbocycles. The van der Waals surface area contributed by atoms with Gasteiger partial charge in [-0.05, 0) is 28.1 Å². The Morgan fingerprint density at radius 2 is 2.40 bits per heavy atom. The van der Waals surface area contributed by atoms with E-state index in [2.05, 4.69) is 25.7 Å². The normalized spacial score (nSPS) is 10.0. The molecular formula is C10H12BrNO2S. The second kappa shape index (κ2) is 6.85. The zero-order valence-corrected chi connectivity index (χ0v) is 10.8. The van der Waals surface area contributed by atoms with Gasteiger partial charge in [-0.3, -0.25) is 9.78 Å². The smallest absolute Gasteiger partial charge is 0.306 e. The maximum Gasteiger partial charge on any atom is 0.306 e. The second-order valence-corrected chi connectivity index (χ2v) is 4.87. The summed E-state index contributed by atoms with van der Waals surface area (Å²) < 4.78 is 5.52. The lowest BCUT2D eigenvalue weighted by atomic mass is 10.4. The average molecular weight is 290 g/mol. The summed E-state index contributed by atoms with van der Waals surface area (Å²) in [6.45, 7) is 0. The number of halogens is 1. The van der Waals surface area contributed by atoms with E-state index in [1.54, 1.807) is 18.0 Å². The van der Waals surface area contributed by atoms with E-state index in [-0.39, 0.29) is 5.97 Å². The molecule has 0 unspecified atom stereocenters. The third kappa shape index (κ3) is 5.18. The van der Waals surface area contributed by atoms with Gasteiger partial charge in [-0.15, -0.1) is 0 Å². The van der Waals surface area contributed by atoms with E-state index < -0.39 is 0 Å². The second-order valence-electron chi connectivity index (χ2n) is 2.85. The predicted octanol–water partition coefficient (Wildman–Crippen LogP) is 2.64. The summed E-state index contributed by atoms with van der Waals surface area (Å²) in [5.74, 6) is 1.43. The number of thioether (sulfide) groups is 1.